The van der Waals surface area contributed by atoms with E-state index >= 15 is 0 Å². The molecule has 21 heavy (non-hydrogen) atoms. The standard InChI is InChI=1S/C15H21N3O3/c1-10(2)16-9-15-17-14(18-21-15)8-11-5-6-12(19-3)13(7-11)20-4/h5-7,10,16H,8-9H2,1-4H3. The van der Waals surface area contributed by atoms with Gasteiger partial charge in [-0.3, -0.25) is 0 Å². The summed E-state index contributed by atoms with van der Waals surface area (Å²) in [6, 6.07) is 6.13. The summed E-state index contributed by atoms with van der Waals surface area (Å²) < 4.78 is 15.7. The first-order valence-corrected chi connectivity index (χ1v) is 6.88. The number of methoxy groups -OCH3 is 2. The molecular weight excluding hydrogens is 270 g/mol. The Kier molecular flexibility index (Phi) is 5.16. The highest BCUT2D eigenvalue weighted by Gasteiger charge is 2.10. The number of hydrogen-bond donors (Lipinski definition) is 1. The van der Waals surface area contributed by atoms with E-state index in [1.165, 1.54) is 0 Å². The number of rotatable bonds is 7. The largest absolute Gasteiger partial charge is 0.493 e. The van der Waals surface area contributed by atoms with E-state index in [-0.39, 0.29) is 0 Å². The first-order chi connectivity index (χ1) is 10.1. The highest BCUT2D eigenvalue weighted by Crippen LogP contribution is 2.28. The number of nitrogens with zero attached hydrogens (tertiary/aromatic N) is 2. The number of aromatic nitrogens is 2. The molecule has 0 aliphatic carbocycles. The summed E-state index contributed by atoms with van der Waals surface area (Å²) in [7, 11) is 3.23. The Bertz CT molecular complexity index is 581. The van der Waals surface area contributed by atoms with E-state index in [4.69, 9.17) is 14.0 Å². The van der Waals surface area contributed by atoms with Gasteiger partial charge < -0.3 is 19.3 Å². The molecule has 0 radical (unpaired) electrons. The highest BCUT2D eigenvalue weighted by molar-refractivity contribution is 5.43. The third-order valence-corrected chi connectivity index (χ3v) is 2.98. The van der Waals surface area contributed by atoms with Crippen molar-refractivity contribution in [3.05, 3.63) is 35.5 Å². The monoisotopic (exact) mass is 291 g/mol. The van der Waals surface area contributed by atoms with Crippen molar-refractivity contribution in [1.82, 2.24) is 15.5 Å². The predicted molar refractivity (Wildman–Crippen MR) is 78.6 cm³/mol. The summed E-state index contributed by atoms with van der Waals surface area (Å²) >= 11 is 0. The molecule has 0 spiro atoms. The van der Waals surface area contributed by atoms with Crippen LogP contribution in [0, 0.1) is 0 Å². The maximum atomic E-state index is 5.29. The number of ether oxygens (including phenoxy) is 2. The van der Waals surface area contributed by atoms with Gasteiger partial charge in [-0.05, 0) is 17.7 Å². The Labute approximate surface area is 124 Å². The van der Waals surface area contributed by atoms with Gasteiger partial charge in [0.05, 0.1) is 20.8 Å². The fourth-order valence-corrected chi connectivity index (χ4v) is 1.90. The second-order valence-electron chi connectivity index (χ2n) is 5.01. The molecule has 0 saturated carbocycles. The number of hydrogen-bond acceptors (Lipinski definition) is 6. The van der Waals surface area contributed by atoms with Crippen molar-refractivity contribution in [1.29, 1.82) is 0 Å². The van der Waals surface area contributed by atoms with Crippen LogP contribution in [0.25, 0.3) is 0 Å². The van der Waals surface area contributed by atoms with Crippen molar-refractivity contribution < 1.29 is 14.0 Å². The minimum absolute atomic E-state index is 0.381. The molecule has 2 aromatic rings. The van der Waals surface area contributed by atoms with Crippen LogP contribution in [0.4, 0.5) is 0 Å². The van der Waals surface area contributed by atoms with Crippen LogP contribution in [0.3, 0.4) is 0 Å². The molecule has 0 saturated heterocycles. The first-order valence-electron chi connectivity index (χ1n) is 6.88. The lowest BCUT2D eigenvalue weighted by atomic mass is 10.1. The minimum Gasteiger partial charge on any atom is -0.493 e. The topological polar surface area (TPSA) is 69.4 Å². The Morgan fingerprint density at radius 3 is 2.62 bits per heavy atom. The Hall–Kier alpha value is -2.08. The van der Waals surface area contributed by atoms with Crippen molar-refractivity contribution >= 4 is 0 Å². The summed E-state index contributed by atoms with van der Waals surface area (Å²) in [4.78, 5) is 4.36. The molecule has 1 aromatic heterocycles. The van der Waals surface area contributed by atoms with Crippen LogP contribution in [-0.4, -0.2) is 30.4 Å². The molecule has 0 amide bonds. The third-order valence-electron chi connectivity index (χ3n) is 2.98. The van der Waals surface area contributed by atoms with Gasteiger partial charge in [-0.1, -0.05) is 25.1 Å². The van der Waals surface area contributed by atoms with E-state index in [9.17, 15) is 0 Å². The zero-order valence-electron chi connectivity index (χ0n) is 12.8. The molecule has 2 rings (SSSR count). The van der Waals surface area contributed by atoms with Crippen LogP contribution < -0.4 is 14.8 Å². The van der Waals surface area contributed by atoms with E-state index in [1.54, 1.807) is 14.2 Å². The molecular formula is C15H21N3O3. The molecule has 0 unspecified atom stereocenters. The maximum Gasteiger partial charge on any atom is 0.240 e. The van der Waals surface area contributed by atoms with Gasteiger partial charge in [0.15, 0.2) is 17.3 Å². The van der Waals surface area contributed by atoms with Gasteiger partial charge >= 0.3 is 0 Å². The normalized spacial score (nSPS) is 10.9. The third kappa shape index (κ3) is 4.19. The van der Waals surface area contributed by atoms with Crippen molar-refractivity contribution in [3.8, 4) is 11.5 Å². The average molecular weight is 291 g/mol. The summed E-state index contributed by atoms with van der Waals surface area (Å²) in [6.45, 7) is 4.72. The van der Waals surface area contributed by atoms with Crippen molar-refractivity contribution in [2.24, 2.45) is 0 Å². The summed E-state index contributed by atoms with van der Waals surface area (Å²) in [5.74, 6) is 2.65. The number of nitrogens with one attached hydrogen (secondary N) is 1. The van der Waals surface area contributed by atoms with Crippen LogP contribution in [0.5, 0.6) is 11.5 Å². The van der Waals surface area contributed by atoms with E-state index in [0.717, 1.165) is 5.56 Å². The second kappa shape index (κ2) is 7.08. The molecule has 1 heterocycles. The number of benzene rings is 1. The van der Waals surface area contributed by atoms with E-state index in [0.29, 0.717) is 42.2 Å². The van der Waals surface area contributed by atoms with Gasteiger partial charge in [0.1, 0.15) is 0 Å². The van der Waals surface area contributed by atoms with Crippen molar-refractivity contribution in [3.63, 3.8) is 0 Å². The van der Waals surface area contributed by atoms with E-state index in [2.05, 4.69) is 29.3 Å². The quantitative estimate of drug-likeness (QED) is 0.843. The lowest BCUT2D eigenvalue weighted by molar-refractivity contribution is 0.354. The van der Waals surface area contributed by atoms with Crippen molar-refractivity contribution in [2.75, 3.05) is 14.2 Å². The Morgan fingerprint density at radius 1 is 1.19 bits per heavy atom. The summed E-state index contributed by atoms with van der Waals surface area (Å²) in [6.07, 6.45) is 0.589. The first kappa shape index (κ1) is 15.3. The van der Waals surface area contributed by atoms with Gasteiger partial charge in [-0.2, -0.15) is 4.98 Å². The van der Waals surface area contributed by atoms with Crippen LogP contribution in [0.1, 0.15) is 31.1 Å². The smallest absolute Gasteiger partial charge is 0.240 e. The van der Waals surface area contributed by atoms with Crippen LogP contribution in [0.2, 0.25) is 0 Å². The summed E-state index contributed by atoms with van der Waals surface area (Å²) in [5.41, 5.74) is 1.04. The molecule has 114 valence electrons. The SMILES string of the molecule is COc1ccc(Cc2noc(CNC(C)C)n2)cc1OC. The van der Waals surface area contributed by atoms with Gasteiger partial charge in [-0.25, -0.2) is 0 Å². The zero-order valence-corrected chi connectivity index (χ0v) is 12.8. The lowest BCUT2D eigenvalue weighted by Crippen LogP contribution is -2.21. The Morgan fingerprint density at radius 2 is 1.95 bits per heavy atom. The second-order valence-corrected chi connectivity index (χ2v) is 5.01. The summed E-state index contributed by atoms with van der Waals surface area (Å²) in [5, 5.41) is 7.23. The van der Waals surface area contributed by atoms with Gasteiger partial charge in [-0.15, -0.1) is 0 Å². The van der Waals surface area contributed by atoms with Crippen LogP contribution >= 0.6 is 0 Å². The lowest BCUT2D eigenvalue weighted by Gasteiger charge is -2.08. The minimum atomic E-state index is 0.381. The molecule has 0 aliphatic rings. The molecule has 1 aromatic carbocycles. The zero-order chi connectivity index (χ0) is 15.2. The Balaban J connectivity index is 2.04. The molecule has 0 fully saturated rings. The highest BCUT2D eigenvalue weighted by atomic mass is 16.5. The maximum absolute atomic E-state index is 5.29. The molecule has 0 bridgehead atoms. The molecule has 1 N–H and O–H groups in total. The van der Waals surface area contributed by atoms with E-state index in [1.807, 2.05) is 18.2 Å². The molecule has 6 nitrogen and oxygen atoms in total. The van der Waals surface area contributed by atoms with Gasteiger partial charge in [0, 0.05) is 12.5 Å². The van der Waals surface area contributed by atoms with Crippen molar-refractivity contribution in [2.45, 2.75) is 32.9 Å². The molecule has 0 atom stereocenters. The van der Waals surface area contributed by atoms with Crippen LogP contribution in [0.15, 0.2) is 22.7 Å². The fraction of sp³-hybridized carbons (Fsp3) is 0.467. The van der Waals surface area contributed by atoms with Gasteiger partial charge in [0.25, 0.3) is 0 Å². The predicted octanol–water partition coefficient (Wildman–Crippen LogP) is 2.18. The van der Waals surface area contributed by atoms with Crippen LogP contribution in [-0.2, 0) is 13.0 Å². The average Bonchev–Trinajstić information content (AvgIpc) is 2.92. The molecule has 0 aliphatic heterocycles. The molecule has 6 heteroatoms. The van der Waals surface area contributed by atoms with E-state index < -0.39 is 0 Å². The fourth-order valence-electron chi connectivity index (χ4n) is 1.90. The van der Waals surface area contributed by atoms with Gasteiger partial charge in [0.2, 0.25) is 5.89 Å².